The quantitative estimate of drug-likeness (QED) is 0.264. The molecule has 200 valence electrons. The lowest BCUT2D eigenvalue weighted by Gasteiger charge is -2.29. The average molecular weight is 581 g/mol. The number of nitrogens with zero attached hydrogens (tertiary/aromatic N) is 4. The summed E-state index contributed by atoms with van der Waals surface area (Å²) in [5, 5.41) is 13.0. The van der Waals surface area contributed by atoms with Crippen molar-refractivity contribution in [1.29, 1.82) is 0 Å². The number of anilines is 1. The number of hydrogen-bond acceptors (Lipinski definition) is 5. The first-order chi connectivity index (χ1) is 18.8. The van der Waals surface area contributed by atoms with E-state index in [1.165, 1.54) is 17.3 Å². The monoisotopic (exact) mass is 579 g/mol. The fourth-order valence-corrected chi connectivity index (χ4v) is 5.67. The normalized spacial score (nSPS) is 12.8. The third-order valence-corrected chi connectivity index (χ3v) is 8.43. The number of amides is 2. The van der Waals surface area contributed by atoms with Crippen molar-refractivity contribution < 1.29 is 9.59 Å². The van der Waals surface area contributed by atoms with Gasteiger partial charge in [-0.2, -0.15) is 0 Å². The highest BCUT2D eigenvalue weighted by molar-refractivity contribution is 7.99. The van der Waals surface area contributed by atoms with E-state index in [0.717, 1.165) is 29.7 Å². The number of aromatic nitrogens is 3. The highest BCUT2D eigenvalue weighted by atomic mass is 35.5. The number of fused-ring (bicyclic) bond motifs is 1. The van der Waals surface area contributed by atoms with Gasteiger partial charge in [-0.1, -0.05) is 59.2 Å². The minimum atomic E-state index is -0.213. The highest BCUT2D eigenvalue weighted by Crippen LogP contribution is 2.30. The minimum Gasteiger partial charge on any atom is -0.345 e. The second kappa shape index (κ2) is 11.8. The smallest absolute Gasteiger partial charge is 0.251 e. The molecule has 1 aliphatic rings. The van der Waals surface area contributed by atoms with E-state index in [9.17, 15) is 9.59 Å². The average Bonchev–Trinajstić information content (AvgIpc) is 3.35. The number of halogens is 2. The maximum Gasteiger partial charge on any atom is 0.251 e. The molecule has 0 saturated heterocycles. The Morgan fingerprint density at radius 2 is 1.79 bits per heavy atom. The van der Waals surface area contributed by atoms with Gasteiger partial charge in [0.05, 0.1) is 28.0 Å². The Morgan fingerprint density at radius 3 is 2.59 bits per heavy atom. The van der Waals surface area contributed by atoms with Gasteiger partial charge in [0.25, 0.3) is 5.91 Å². The number of carbonyl (C=O) groups is 2. The Hall–Kier alpha value is -3.33. The summed E-state index contributed by atoms with van der Waals surface area (Å²) in [6.45, 7) is 4.80. The summed E-state index contributed by atoms with van der Waals surface area (Å²) >= 11 is 13.8. The zero-order valence-electron chi connectivity index (χ0n) is 21.6. The van der Waals surface area contributed by atoms with Crippen LogP contribution in [0.4, 0.5) is 5.69 Å². The second-order valence-electron chi connectivity index (χ2n) is 9.38. The van der Waals surface area contributed by atoms with E-state index >= 15 is 0 Å². The van der Waals surface area contributed by atoms with E-state index in [2.05, 4.69) is 21.6 Å². The molecule has 0 fully saturated rings. The maximum absolute atomic E-state index is 13.3. The van der Waals surface area contributed by atoms with Crippen LogP contribution in [0.15, 0.2) is 65.8 Å². The number of carbonyl (C=O) groups excluding carboxylic acids is 2. The lowest BCUT2D eigenvalue weighted by atomic mass is 10.0. The second-order valence-corrected chi connectivity index (χ2v) is 11.1. The molecule has 0 saturated carbocycles. The fraction of sp³-hybridized carbons (Fsp3) is 0.241. The molecule has 2 heterocycles. The Kier molecular flexibility index (Phi) is 8.26. The van der Waals surface area contributed by atoms with E-state index < -0.39 is 0 Å². The van der Waals surface area contributed by atoms with Crippen LogP contribution in [0, 0.1) is 13.8 Å². The maximum atomic E-state index is 13.3. The summed E-state index contributed by atoms with van der Waals surface area (Å²) in [5.41, 5.74) is 5.57. The molecule has 0 radical (unpaired) electrons. The molecule has 0 bridgehead atoms. The molecular weight excluding hydrogens is 553 g/mol. The number of thioether (sulfide) groups is 1. The van der Waals surface area contributed by atoms with Gasteiger partial charge >= 0.3 is 0 Å². The Bertz CT molecular complexity index is 1550. The SMILES string of the molecule is Cc1ccc(C(=O)NCc2nnc(SCC(=O)N3CCCc4ccccc43)n2-c2ccc(Cl)c(Cl)c2)cc1C. The van der Waals surface area contributed by atoms with Gasteiger partial charge in [-0.25, -0.2) is 0 Å². The Morgan fingerprint density at radius 1 is 0.974 bits per heavy atom. The number of para-hydroxylation sites is 1. The van der Waals surface area contributed by atoms with E-state index in [4.69, 9.17) is 23.2 Å². The van der Waals surface area contributed by atoms with Gasteiger partial charge in [0.2, 0.25) is 5.91 Å². The van der Waals surface area contributed by atoms with Gasteiger partial charge in [-0.3, -0.25) is 14.2 Å². The van der Waals surface area contributed by atoms with Crippen molar-refractivity contribution in [3.05, 3.63) is 98.8 Å². The highest BCUT2D eigenvalue weighted by Gasteiger charge is 2.24. The number of benzene rings is 3. The van der Waals surface area contributed by atoms with Gasteiger partial charge in [-0.05, 0) is 79.8 Å². The van der Waals surface area contributed by atoms with Gasteiger partial charge in [0, 0.05) is 17.8 Å². The van der Waals surface area contributed by atoms with Crippen molar-refractivity contribution >= 4 is 52.5 Å². The lowest BCUT2D eigenvalue weighted by molar-refractivity contribution is -0.116. The van der Waals surface area contributed by atoms with Crippen LogP contribution in [0.5, 0.6) is 0 Å². The summed E-state index contributed by atoms with van der Waals surface area (Å²) in [6.07, 6.45) is 1.90. The van der Waals surface area contributed by atoms with Crippen LogP contribution in [0.25, 0.3) is 5.69 Å². The minimum absolute atomic E-state index is 0.000400. The van der Waals surface area contributed by atoms with Crippen molar-refractivity contribution in [1.82, 2.24) is 20.1 Å². The zero-order chi connectivity index (χ0) is 27.5. The molecule has 10 heteroatoms. The molecule has 7 nitrogen and oxygen atoms in total. The van der Waals surface area contributed by atoms with Crippen LogP contribution in [-0.2, 0) is 17.8 Å². The number of nitrogens with one attached hydrogen (secondary N) is 1. The predicted octanol–water partition coefficient (Wildman–Crippen LogP) is 6.19. The molecule has 2 amide bonds. The fourth-order valence-electron chi connectivity index (χ4n) is 4.53. The molecule has 39 heavy (non-hydrogen) atoms. The number of aryl methyl sites for hydroxylation is 3. The van der Waals surface area contributed by atoms with Crippen LogP contribution in [0.1, 0.15) is 39.3 Å². The van der Waals surface area contributed by atoms with Gasteiger partial charge in [-0.15, -0.1) is 10.2 Å². The molecule has 0 unspecified atom stereocenters. The molecule has 1 aliphatic heterocycles. The Labute approximate surface area is 241 Å². The topological polar surface area (TPSA) is 80.1 Å². The summed E-state index contributed by atoms with van der Waals surface area (Å²) < 4.78 is 1.80. The third-order valence-electron chi connectivity index (χ3n) is 6.77. The van der Waals surface area contributed by atoms with E-state index in [1.807, 2.05) is 49.1 Å². The van der Waals surface area contributed by atoms with E-state index in [-0.39, 0.29) is 24.1 Å². The number of hydrogen-bond donors (Lipinski definition) is 1. The van der Waals surface area contributed by atoms with Crippen LogP contribution in [0.3, 0.4) is 0 Å². The van der Waals surface area contributed by atoms with Gasteiger partial charge < -0.3 is 10.2 Å². The first kappa shape index (κ1) is 27.2. The summed E-state index contributed by atoms with van der Waals surface area (Å²) in [4.78, 5) is 28.0. The summed E-state index contributed by atoms with van der Waals surface area (Å²) in [7, 11) is 0. The number of rotatable bonds is 7. The summed E-state index contributed by atoms with van der Waals surface area (Å²) in [5.74, 6) is 0.474. The van der Waals surface area contributed by atoms with Crippen molar-refractivity contribution in [2.24, 2.45) is 0 Å². The van der Waals surface area contributed by atoms with E-state index in [1.54, 1.807) is 28.8 Å². The van der Waals surface area contributed by atoms with Gasteiger partial charge in [0.1, 0.15) is 0 Å². The molecule has 4 aromatic rings. The molecule has 0 spiro atoms. The third kappa shape index (κ3) is 5.98. The zero-order valence-corrected chi connectivity index (χ0v) is 23.9. The Balaban J connectivity index is 1.37. The molecule has 1 aromatic heterocycles. The van der Waals surface area contributed by atoms with Crippen LogP contribution < -0.4 is 10.2 Å². The van der Waals surface area contributed by atoms with Crippen LogP contribution in [-0.4, -0.2) is 38.9 Å². The van der Waals surface area contributed by atoms with Crippen molar-refractivity contribution in [3.8, 4) is 5.69 Å². The molecule has 0 aliphatic carbocycles. The van der Waals surface area contributed by atoms with Crippen molar-refractivity contribution in [2.45, 2.75) is 38.4 Å². The molecule has 3 aromatic carbocycles. The predicted molar refractivity (Wildman–Crippen MR) is 156 cm³/mol. The molecule has 1 N–H and O–H groups in total. The molecule has 0 atom stereocenters. The standard InChI is InChI=1S/C29H27Cl2N5O2S/c1-18-9-10-21(14-19(18)2)28(38)32-16-26-33-34-29(36(26)22-11-12-23(30)24(31)15-22)39-17-27(37)35-13-5-7-20-6-3-4-8-25(20)35/h3-4,6,8-12,14-15H,5,7,13,16-17H2,1-2H3,(H,32,38). The molecular formula is C29H27Cl2N5O2S. The largest absolute Gasteiger partial charge is 0.345 e. The van der Waals surface area contributed by atoms with Crippen LogP contribution in [0.2, 0.25) is 10.0 Å². The first-order valence-electron chi connectivity index (χ1n) is 12.6. The lowest BCUT2D eigenvalue weighted by Crippen LogP contribution is -2.36. The van der Waals surface area contributed by atoms with Crippen molar-refractivity contribution in [2.75, 3.05) is 17.2 Å². The van der Waals surface area contributed by atoms with E-state index in [0.29, 0.717) is 38.8 Å². The van der Waals surface area contributed by atoms with Crippen molar-refractivity contribution in [3.63, 3.8) is 0 Å². The molecule has 5 rings (SSSR count). The summed E-state index contributed by atoms with van der Waals surface area (Å²) in [6, 6.07) is 18.8. The van der Waals surface area contributed by atoms with Crippen LogP contribution >= 0.6 is 35.0 Å². The first-order valence-corrected chi connectivity index (χ1v) is 14.3. The van der Waals surface area contributed by atoms with Gasteiger partial charge in [0.15, 0.2) is 11.0 Å².